The Morgan fingerprint density at radius 3 is 2.36 bits per heavy atom. The maximum Gasteiger partial charge on any atom is 0.506 e. The van der Waals surface area contributed by atoms with E-state index < -0.39 is 11.8 Å². The first-order valence-electron chi connectivity index (χ1n) is 5.46. The Balaban J connectivity index is 3.80. The van der Waals surface area contributed by atoms with Crippen molar-refractivity contribution in [1.29, 1.82) is 0 Å². The maximum atomic E-state index is 10.4. The van der Waals surface area contributed by atoms with E-state index >= 15 is 0 Å². The molecular weight excluding hydrogens is 180 g/mol. The predicted octanol–water partition coefficient (Wildman–Crippen LogP) is 3.82. The summed E-state index contributed by atoms with van der Waals surface area (Å²) in [4.78, 5) is 10.4. The summed E-state index contributed by atoms with van der Waals surface area (Å²) in [6, 6.07) is 0. The van der Waals surface area contributed by atoms with E-state index in [1.807, 2.05) is 13.8 Å². The van der Waals surface area contributed by atoms with Crippen molar-refractivity contribution in [2.24, 2.45) is 0 Å². The lowest BCUT2D eigenvalue weighted by atomic mass is 9.95. The van der Waals surface area contributed by atoms with Crippen LogP contribution in [0.25, 0.3) is 0 Å². The van der Waals surface area contributed by atoms with Gasteiger partial charge in [-0.25, -0.2) is 4.79 Å². The van der Waals surface area contributed by atoms with Crippen LogP contribution in [0.1, 0.15) is 59.3 Å². The molecule has 0 saturated heterocycles. The highest BCUT2D eigenvalue weighted by Crippen LogP contribution is 2.23. The molecule has 1 atom stereocenters. The van der Waals surface area contributed by atoms with Crippen molar-refractivity contribution in [2.45, 2.75) is 64.9 Å². The van der Waals surface area contributed by atoms with E-state index in [1.54, 1.807) is 0 Å². The van der Waals surface area contributed by atoms with Gasteiger partial charge in [-0.3, -0.25) is 0 Å². The second kappa shape index (κ2) is 6.68. The number of unbranched alkanes of at least 4 members (excludes halogenated alkanes) is 3. The van der Waals surface area contributed by atoms with Crippen LogP contribution in [0.3, 0.4) is 0 Å². The number of carbonyl (C=O) groups is 1. The molecular formula is C11H22O3. The summed E-state index contributed by atoms with van der Waals surface area (Å²) in [5.74, 6) is 0. The Labute approximate surface area is 86.5 Å². The third kappa shape index (κ3) is 5.84. The van der Waals surface area contributed by atoms with E-state index in [1.165, 1.54) is 12.8 Å². The lowest BCUT2D eigenvalue weighted by Gasteiger charge is -2.26. The standard InChI is InChI=1S/C11H22O3/c1-4-6-7-8-9-11(3,5-2)14-10(12)13/h4-9H2,1-3H3,(H,12,13)/t11-/m0/s1. The molecule has 0 fully saturated rings. The fourth-order valence-electron chi connectivity index (χ4n) is 1.44. The van der Waals surface area contributed by atoms with Gasteiger partial charge in [0, 0.05) is 0 Å². The summed E-state index contributed by atoms with van der Waals surface area (Å²) < 4.78 is 4.88. The van der Waals surface area contributed by atoms with E-state index in [0.717, 1.165) is 25.7 Å². The van der Waals surface area contributed by atoms with Crippen molar-refractivity contribution in [1.82, 2.24) is 0 Å². The molecule has 0 aliphatic heterocycles. The van der Waals surface area contributed by atoms with Crippen LogP contribution < -0.4 is 0 Å². The summed E-state index contributed by atoms with van der Waals surface area (Å²) >= 11 is 0. The molecule has 0 aliphatic carbocycles. The third-order valence-electron chi connectivity index (χ3n) is 2.64. The zero-order valence-electron chi connectivity index (χ0n) is 9.51. The smallest absolute Gasteiger partial charge is 0.450 e. The molecule has 0 aromatic heterocycles. The highest BCUT2D eigenvalue weighted by molar-refractivity contribution is 5.57. The number of carboxylic acid groups (broad SMARTS) is 1. The van der Waals surface area contributed by atoms with Crippen LogP contribution in [0.5, 0.6) is 0 Å². The summed E-state index contributed by atoms with van der Waals surface area (Å²) in [5.41, 5.74) is -0.487. The Hall–Kier alpha value is -0.730. The van der Waals surface area contributed by atoms with Gasteiger partial charge >= 0.3 is 6.16 Å². The quantitative estimate of drug-likeness (QED) is 0.504. The SMILES string of the molecule is CCCCCC[C@](C)(CC)OC(=O)O. The van der Waals surface area contributed by atoms with Gasteiger partial charge < -0.3 is 9.84 Å². The van der Waals surface area contributed by atoms with E-state index in [0.29, 0.717) is 0 Å². The molecule has 0 aromatic rings. The van der Waals surface area contributed by atoms with Gasteiger partial charge in [0.05, 0.1) is 0 Å². The van der Waals surface area contributed by atoms with Crippen molar-refractivity contribution < 1.29 is 14.6 Å². The van der Waals surface area contributed by atoms with Crippen LogP contribution in [0, 0.1) is 0 Å². The minimum absolute atomic E-state index is 0.487. The molecule has 14 heavy (non-hydrogen) atoms. The van der Waals surface area contributed by atoms with Crippen molar-refractivity contribution in [3.63, 3.8) is 0 Å². The van der Waals surface area contributed by atoms with E-state index in [9.17, 15) is 4.79 Å². The Bertz CT molecular complexity index is 168. The van der Waals surface area contributed by atoms with Crippen molar-refractivity contribution in [3.05, 3.63) is 0 Å². The van der Waals surface area contributed by atoms with E-state index in [2.05, 4.69) is 6.92 Å². The third-order valence-corrected chi connectivity index (χ3v) is 2.64. The molecule has 0 aromatic carbocycles. The predicted molar refractivity (Wildman–Crippen MR) is 56.6 cm³/mol. The fraction of sp³-hybridized carbons (Fsp3) is 0.909. The van der Waals surface area contributed by atoms with Crippen LogP contribution in [-0.2, 0) is 4.74 Å². The van der Waals surface area contributed by atoms with Gasteiger partial charge in [-0.2, -0.15) is 0 Å². The van der Waals surface area contributed by atoms with Gasteiger partial charge in [0.15, 0.2) is 0 Å². The molecule has 84 valence electrons. The molecule has 1 N–H and O–H groups in total. The number of hydrogen-bond donors (Lipinski definition) is 1. The van der Waals surface area contributed by atoms with Crippen LogP contribution in [0.2, 0.25) is 0 Å². The number of rotatable bonds is 7. The van der Waals surface area contributed by atoms with Gasteiger partial charge in [0.25, 0.3) is 0 Å². The molecule has 3 nitrogen and oxygen atoms in total. The summed E-state index contributed by atoms with van der Waals surface area (Å²) in [5, 5.41) is 8.56. The normalized spacial score (nSPS) is 14.8. The summed E-state index contributed by atoms with van der Waals surface area (Å²) in [6.45, 7) is 5.99. The molecule has 0 radical (unpaired) electrons. The number of hydrogen-bond acceptors (Lipinski definition) is 2. The lowest BCUT2D eigenvalue weighted by molar-refractivity contribution is -0.0163. The number of ether oxygens (including phenoxy) is 1. The van der Waals surface area contributed by atoms with Crippen LogP contribution in [0.4, 0.5) is 4.79 Å². The van der Waals surface area contributed by atoms with Crippen molar-refractivity contribution in [2.75, 3.05) is 0 Å². The zero-order chi connectivity index (χ0) is 11.0. The fourth-order valence-corrected chi connectivity index (χ4v) is 1.44. The maximum absolute atomic E-state index is 10.4. The molecule has 0 unspecified atom stereocenters. The molecule has 0 amide bonds. The highest BCUT2D eigenvalue weighted by atomic mass is 16.7. The molecule has 0 aliphatic rings. The minimum atomic E-state index is -1.16. The van der Waals surface area contributed by atoms with Gasteiger partial charge in [-0.15, -0.1) is 0 Å². The van der Waals surface area contributed by atoms with Crippen molar-refractivity contribution >= 4 is 6.16 Å². The topological polar surface area (TPSA) is 46.5 Å². The zero-order valence-corrected chi connectivity index (χ0v) is 9.51. The highest BCUT2D eigenvalue weighted by Gasteiger charge is 2.25. The Morgan fingerprint density at radius 1 is 1.29 bits per heavy atom. The van der Waals surface area contributed by atoms with Gasteiger partial charge in [0.2, 0.25) is 0 Å². The molecule has 0 spiro atoms. The largest absolute Gasteiger partial charge is 0.506 e. The van der Waals surface area contributed by atoms with E-state index in [4.69, 9.17) is 9.84 Å². The second-order valence-corrected chi connectivity index (χ2v) is 3.98. The first kappa shape index (κ1) is 13.3. The van der Waals surface area contributed by atoms with E-state index in [-0.39, 0.29) is 0 Å². The Kier molecular flexibility index (Phi) is 6.34. The minimum Gasteiger partial charge on any atom is -0.450 e. The first-order chi connectivity index (χ1) is 6.54. The first-order valence-corrected chi connectivity index (χ1v) is 5.46. The monoisotopic (exact) mass is 202 g/mol. The Morgan fingerprint density at radius 2 is 1.93 bits per heavy atom. The van der Waals surface area contributed by atoms with Crippen LogP contribution in [0.15, 0.2) is 0 Å². The van der Waals surface area contributed by atoms with Gasteiger partial charge in [-0.1, -0.05) is 33.1 Å². The van der Waals surface area contributed by atoms with Crippen molar-refractivity contribution in [3.8, 4) is 0 Å². The average Bonchev–Trinajstić information content (AvgIpc) is 2.11. The summed E-state index contributed by atoms with van der Waals surface area (Å²) in [6.07, 6.45) is 5.03. The van der Waals surface area contributed by atoms with Crippen LogP contribution in [-0.4, -0.2) is 16.9 Å². The second-order valence-electron chi connectivity index (χ2n) is 3.98. The molecule has 0 rings (SSSR count). The average molecular weight is 202 g/mol. The molecule has 0 saturated carbocycles. The molecule has 0 heterocycles. The molecule has 3 heteroatoms. The molecule has 0 bridgehead atoms. The summed E-state index contributed by atoms with van der Waals surface area (Å²) in [7, 11) is 0. The van der Waals surface area contributed by atoms with Gasteiger partial charge in [-0.05, 0) is 26.2 Å². The van der Waals surface area contributed by atoms with Gasteiger partial charge in [0.1, 0.15) is 5.60 Å². The van der Waals surface area contributed by atoms with Crippen LogP contribution >= 0.6 is 0 Å². The lowest BCUT2D eigenvalue weighted by Crippen LogP contribution is -2.30.